The fourth-order valence-electron chi connectivity index (χ4n) is 3.50. The first kappa shape index (κ1) is 23.7. The molecule has 0 atom stereocenters. The van der Waals surface area contributed by atoms with Crippen LogP contribution in [0.25, 0.3) is 0 Å². The van der Waals surface area contributed by atoms with Crippen molar-refractivity contribution in [2.24, 2.45) is 0 Å². The molecule has 1 N–H and O–H groups in total. The van der Waals surface area contributed by atoms with Gasteiger partial charge in [-0.2, -0.15) is 0 Å². The number of hydrogen-bond acceptors (Lipinski definition) is 3. The van der Waals surface area contributed by atoms with Crippen molar-refractivity contribution >= 4 is 5.69 Å². The third kappa shape index (κ3) is 6.78. The van der Waals surface area contributed by atoms with E-state index in [4.69, 9.17) is 9.47 Å². The fraction of sp³-hybridized carbons (Fsp3) is 0.379. The summed E-state index contributed by atoms with van der Waals surface area (Å²) < 4.78 is 12.1. The number of hydrogen-bond donors (Lipinski definition) is 1. The van der Waals surface area contributed by atoms with Crippen LogP contribution in [0.2, 0.25) is 0 Å². The van der Waals surface area contributed by atoms with Crippen molar-refractivity contribution in [1.82, 2.24) is 0 Å². The van der Waals surface area contributed by atoms with Gasteiger partial charge in [0.1, 0.15) is 24.7 Å². The Hall–Kier alpha value is -2.94. The lowest BCUT2D eigenvalue weighted by Gasteiger charge is -2.27. The number of ether oxygens (including phenoxy) is 2. The highest BCUT2D eigenvalue weighted by atomic mass is 16.5. The number of anilines is 1. The van der Waals surface area contributed by atoms with Gasteiger partial charge in [0.15, 0.2) is 0 Å². The molecule has 3 heteroatoms. The van der Waals surface area contributed by atoms with Gasteiger partial charge in [0, 0.05) is 18.3 Å². The van der Waals surface area contributed by atoms with Crippen LogP contribution in [0.1, 0.15) is 58.2 Å². The standard InChI is InChI=1S/C29H37NO2/c1-28(2,3)23-15-16-27(26(19-23)29(4,5)6)31-18-17-30-24-13-10-14-25(20-24)32-21-22-11-8-7-9-12-22/h7-16,19-20,30H,17-18,21H2,1-6H3. The van der Waals surface area contributed by atoms with Crippen LogP contribution in [-0.4, -0.2) is 13.2 Å². The van der Waals surface area contributed by atoms with Crippen molar-refractivity contribution in [3.63, 3.8) is 0 Å². The highest BCUT2D eigenvalue weighted by Gasteiger charge is 2.23. The molecule has 0 heterocycles. The molecule has 0 aliphatic rings. The van der Waals surface area contributed by atoms with Crippen LogP contribution >= 0.6 is 0 Å². The monoisotopic (exact) mass is 431 g/mol. The molecule has 0 bridgehead atoms. The minimum atomic E-state index is 0.0223. The molecule has 0 amide bonds. The minimum absolute atomic E-state index is 0.0223. The number of rotatable bonds is 8. The van der Waals surface area contributed by atoms with E-state index < -0.39 is 0 Å². The first-order valence-corrected chi connectivity index (χ1v) is 11.4. The van der Waals surface area contributed by atoms with Crippen molar-refractivity contribution in [3.05, 3.63) is 89.5 Å². The molecule has 0 unspecified atom stereocenters. The average molecular weight is 432 g/mol. The summed E-state index contributed by atoms with van der Waals surface area (Å²) in [6, 6.07) is 24.9. The van der Waals surface area contributed by atoms with Gasteiger partial charge >= 0.3 is 0 Å². The number of benzene rings is 3. The van der Waals surface area contributed by atoms with Crippen LogP contribution in [0.4, 0.5) is 5.69 Å². The molecule has 0 spiro atoms. The third-order valence-corrected chi connectivity index (χ3v) is 5.42. The van der Waals surface area contributed by atoms with Crippen LogP contribution in [0, 0.1) is 0 Å². The highest BCUT2D eigenvalue weighted by molar-refractivity contribution is 5.48. The summed E-state index contributed by atoms with van der Waals surface area (Å²) in [6.07, 6.45) is 0. The predicted octanol–water partition coefficient (Wildman–Crippen LogP) is 7.35. The molecule has 0 fully saturated rings. The molecule has 0 aromatic heterocycles. The largest absolute Gasteiger partial charge is 0.491 e. The maximum atomic E-state index is 6.19. The molecule has 3 aromatic carbocycles. The van der Waals surface area contributed by atoms with E-state index in [1.54, 1.807) is 0 Å². The van der Waals surface area contributed by atoms with Crippen molar-refractivity contribution in [2.75, 3.05) is 18.5 Å². The Morgan fingerprint density at radius 3 is 2.16 bits per heavy atom. The summed E-state index contributed by atoms with van der Waals surface area (Å²) in [6.45, 7) is 15.3. The van der Waals surface area contributed by atoms with E-state index in [0.717, 1.165) is 22.7 Å². The SMILES string of the molecule is CC(C)(C)c1ccc(OCCNc2cccc(OCc3ccccc3)c2)c(C(C)(C)C)c1. The van der Waals surface area contributed by atoms with Gasteiger partial charge in [-0.25, -0.2) is 0 Å². The average Bonchev–Trinajstić information content (AvgIpc) is 2.75. The van der Waals surface area contributed by atoms with Crippen molar-refractivity contribution in [2.45, 2.75) is 59.0 Å². The molecular weight excluding hydrogens is 394 g/mol. The van der Waals surface area contributed by atoms with Crippen LogP contribution < -0.4 is 14.8 Å². The van der Waals surface area contributed by atoms with E-state index in [9.17, 15) is 0 Å². The quantitative estimate of drug-likeness (QED) is 0.378. The lowest BCUT2D eigenvalue weighted by molar-refractivity contribution is 0.306. The molecule has 0 radical (unpaired) electrons. The molecule has 0 saturated heterocycles. The topological polar surface area (TPSA) is 30.5 Å². The highest BCUT2D eigenvalue weighted by Crippen LogP contribution is 2.35. The molecule has 3 aromatic rings. The summed E-state index contributed by atoms with van der Waals surface area (Å²) in [4.78, 5) is 0. The van der Waals surface area contributed by atoms with E-state index in [-0.39, 0.29) is 10.8 Å². The van der Waals surface area contributed by atoms with E-state index >= 15 is 0 Å². The molecule has 0 saturated carbocycles. The molecule has 3 rings (SSSR count). The van der Waals surface area contributed by atoms with Crippen LogP contribution in [-0.2, 0) is 17.4 Å². The molecular formula is C29H37NO2. The van der Waals surface area contributed by atoms with Crippen LogP contribution in [0.3, 0.4) is 0 Å². The fourth-order valence-corrected chi connectivity index (χ4v) is 3.50. The molecule has 0 aliphatic carbocycles. The molecule has 32 heavy (non-hydrogen) atoms. The summed E-state index contributed by atoms with van der Waals surface area (Å²) in [5.74, 6) is 1.82. The first-order valence-electron chi connectivity index (χ1n) is 11.4. The summed E-state index contributed by atoms with van der Waals surface area (Å²) >= 11 is 0. The maximum Gasteiger partial charge on any atom is 0.123 e. The van der Waals surface area contributed by atoms with Crippen molar-refractivity contribution in [1.29, 1.82) is 0 Å². The van der Waals surface area contributed by atoms with E-state index in [1.807, 2.05) is 42.5 Å². The Morgan fingerprint density at radius 2 is 1.47 bits per heavy atom. The van der Waals surface area contributed by atoms with Gasteiger partial charge in [0.2, 0.25) is 0 Å². The van der Waals surface area contributed by atoms with Crippen LogP contribution in [0.15, 0.2) is 72.8 Å². The number of nitrogens with one attached hydrogen (secondary N) is 1. The Labute approximate surface area is 193 Å². The van der Waals surface area contributed by atoms with E-state index in [0.29, 0.717) is 19.8 Å². The predicted molar refractivity (Wildman–Crippen MR) is 135 cm³/mol. The lowest BCUT2D eigenvalue weighted by Crippen LogP contribution is -2.19. The molecule has 3 nitrogen and oxygen atoms in total. The van der Waals surface area contributed by atoms with Crippen molar-refractivity contribution < 1.29 is 9.47 Å². The summed E-state index contributed by atoms with van der Waals surface area (Å²) in [5, 5.41) is 3.44. The van der Waals surface area contributed by atoms with Gasteiger partial charge in [-0.3, -0.25) is 0 Å². The first-order chi connectivity index (χ1) is 15.1. The van der Waals surface area contributed by atoms with Gasteiger partial charge in [-0.1, -0.05) is 90.1 Å². The Bertz CT molecular complexity index is 998. The Morgan fingerprint density at radius 1 is 0.719 bits per heavy atom. The van der Waals surface area contributed by atoms with Crippen LogP contribution in [0.5, 0.6) is 11.5 Å². The van der Waals surface area contributed by atoms with Gasteiger partial charge in [-0.05, 0) is 45.7 Å². The second kappa shape index (κ2) is 10.1. The zero-order valence-corrected chi connectivity index (χ0v) is 20.4. The Balaban J connectivity index is 1.56. The van der Waals surface area contributed by atoms with Gasteiger partial charge in [-0.15, -0.1) is 0 Å². The normalized spacial score (nSPS) is 11.8. The van der Waals surface area contributed by atoms with E-state index in [1.165, 1.54) is 11.1 Å². The van der Waals surface area contributed by atoms with Crippen molar-refractivity contribution in [3.8, 4) is 11.5 Å². The smallest absolute Gasteiger partial charge is 0.123 e. The molecule has 0 aliphatic heterocycles. The minimum Gasteiger partial charge on any atom is -0.491 e. The Kier molecular flexibility index (Phi) is 7.50. The zero-order valence-electron chi connectivity index (χ0n) is 20.4. The maximum absolute atomic E-state index is 6.19. The summed E-state index contributed by atoms with van der Waals surface area (Å²) in [7, 11) is 0. The second-order valence-electron chi connectivity index (χ2n) is 10.3. The van der Waals surface area contributed by atoms with Gasteiger partial charge < -0.3 is 14.8 Å². The molecule has 170 valence electrons. The van der Waals surface area contributed by atoms with Gasteiger partial charge in [0.05, 0.1) is 0 Å². The lowest BCUT2D eigenvalue weighted by atomic mass is 9.80. The van der Waals surface area contributed by atoms with E-state index in [2.05, 4.69) is 77.2 Å². The summed E-state index contributed by atoms with van der Waals surface area (Å²) in [5.41, 5.74) is 4.91. The second-order valence-corrected chi connectivity index (χ2v) is 10.3. The third-order valence-electron chi connectivity index (χ3n) is 5.42. The zero-order chi connectivity index (χ0) is 23.2. The van der Waals surface area contributed by atoms with Gasteiger partial charge in [0.25, 0.3) is 0 Å².